The molecule has 0 N–H and O–H groups in total. The van der Waals surface area contributed by atoms with Gasteiger partial charge in [0.15, 0.2) is 0 Å². The normalized spacial score (nSPS) is 7.40. The fourth-order valence-corrected chi connectivity index (χ4v) is 0.592. The van der Waals surface area contributed by atoms with Crippen LogP contribution in [-0.2, 0) is 0 Å². The van der Waals surface area contributed by atoms with E-state index < -0.39 is 0 Å². The molecule has 0 aliphatic heterocycles. The fraction of sp³-hybridized carbons (Fsp3) is 0.250. The summed E-state index contributed by atoms with van der Waals surface area (Å²) in [7, 11) is 0. The predicted octanol–water partition coefficient (Wildman–Crippen LogP) is -1.27. The molecule has 0 bridgehead atoms. The molecule has 0 atom stereocenters. The molecule has 0 saturated carbocycles. The second-order valence-electron chi connectivity index (χ2n) is 2.01. The van der Waals surface area contributed by atoms with E-state index in [1.165, 1.54) is 11.1 Å². The summed E-state index contributed by atoms with van der Waals surface area (Å²) in [5, 5.41) is 0. The summed E-state index contributed by atoms with van der Waals surface area (Å²) >= 11 is 0. The molecule has 0 nitrogen and oxygen atoms in total. The zero-order valence-electron chi connectivity index (χ0n) is 6.32. The summed E-state index contributed by atoms with van der Waals surface area (Å²) in [5.41, 5.74) is 2.65. The SMILES string of the molecule is Cc1c[c-]ccc1C.[Br-].[Mg+2]. The Kier molecular flexibility index (Phi) is 8.10. The van der Waals surface area contributed by atoms with Crippen molar-refractivity contribution in [2.24, 2.45) is 0 Å². The van der Waals surface area contributed by atoms with Gasteiger partial charge in [-0.1, -0.05) is 13.8 Å². The second-order valence-corrected chi connectivity index (χ2v) is 2.01. The van der Waals surface area contributed by atoms with Crippen molar-refractivity contribution >= 4 is 23.1 Å². The second kappa shape index (κ2) is 6.19. The van der Waals surface area contributed by atoms with Crippen molar-refractivity contribution in [3.8, 4) is 0 Å². The molecule has 1 aromatic carbocycles. The zero-order valence-corrected chi connectivity index (χ0v) is 9.32. The van der Waals surface area contributed by atoms with E-state index in [0.717, 1.165) is 0 Å². The van der Waals surface area contributed by atoms with E-state index in [2.05, 4.69) is 26.0 Å². The van der Waals surface area contributed by atoms with Crippen LogP contribution in [0.15, 0.2) is 18.2 Å². The quantitative estimate of drug-likeness (QED) is 0.369. The van der Waals surface area contributed by atoms with Crippen molar-refractivity contribution in [1.29, 1.82) is 0 Å². The molecule has 1 aromatic rings. The number of halogens is 1. The molecule has 0 spiro atoms. The van der Waals surface area contributed by atoms with Crippen molar-refractivity contribution in [3.63, 3.8) is 0 Å². The maximum atomic E-state index is 3.00. The van der Waals surface area contributed by atoms with E-state index in [-0.39, 0.29) is 40.0 Å². The largest absolute Gasteiger partial charge is 2.00 e. The van der Waals surface area contributed by atoms with Crippen LogP contribution in [0.5, 0.6) is 0 Å². The molecule has 10 heavy (non-hydrogen) atoms. The van der Waals surface area contributed by atoms with Gasteiger partial charge in [0.1, 0.15) is 0 Å². The summed E-state index contributed by atoms with van der Waals surface area (Å²) in [6, 6.07) is 8.99. The topological polar surface area (TPSA) is 0 Å². The molecule has 2 heteroatoms. The fourth-order valence-electron chi connectivity index (χ4n) is 0.592. The molecule has 0 saturated heterocycles. The average molecular weight is 209 g/mol. The first-order chi connectivity index (χ1) is 3.80. The minimum absolute atomic E-state index is 0. The molecule has 0 aromatic heterocycles. The molecule has 0 unspecified atom stereocenters. The van der Waals surface area contributed by atoms with Gasteiger partial charge < -0.3 is 17.0 Å². The summed E-state index contributed by atoms with van der Waals surface area (Å²) in [4.78, 5) is 0. The van der Waals surface area contributed by atoms with Gasteiger partial charge in [0, 0.05) is 0 Å². The molecule has 0 fully saturated rings. The first-order valence-corrected chi connectivity index (χ1v) is 2.74. The minimum atomic E-state index is 0. The van der Waals surface area contributed by atoms with E-state index in [1.807, 2.05) is 12.1 Å². The monoisotopic (exact) mass is 208 g/mol. The molecule has 0 radical (unpaired) electrons. The predicted molar refractivity (Wildman–Crippen MR) is 40.5 cm³/mol. The number of benzene rings is 1. The maximum Gasteiger partial charge on any atom is 2.00 e. The Labute approximate surface area is 88.9 Å². The third kappa shape index (κ3) is 3.59. The van der Waals surface area contributed by atoms with Gasteiger partial charge in [0.2, 0.25) is 0 Å². The van der Waals surface area contributed by atoms with E-state index in [4.69, 9.17) is 0 Å². The maximum absolute atomic E-state index is 3.00. The van der Waals surface area contributed by atoms with Gasteiger partial charge in [0.25, 0.3) is 0 Å². The van der Waals surface area contributed by atoms with Crippen molar-refractivity contribution < 1.29 is 17.0 Å². The van der Waals surface area contributed by atoms with Gasteiger partial charge in [-0.2, -0.15) is 35.4 Å². The van der Waals surface area contributed by atoms with Crippen LogP contribution in [0.2, 0.25) is 0 Å². The Morgan fingerprint density at radius 2 is 1.80 bits per heavy atom. The van der Waals surface area contributed by atoms with E-state index >= 15 is 0 Å². The van der Waals surface area contributed by atoms with Gasteiger partial charge in [-0.15, -0.1) is 0 Å². The third-order valence-corrected chi connectivity index (χ3v) is 1.35. The standard InChI is InChI=1S/C8H9.BrH.Mg/c1-7-5-3-4-6-8(7)2;;/h3,5-6H,1-2H3;1H;/q-1;;+2/p-1. The van der Waals surface area contributed by atoms with Gasteiger partial charge in [-0.3, -0.25) is 0 Å². The van der Waals surface area contributed by atoms with Crippen LogP contribution in [0, 0.1) is 19.9 Å². The zero-order chi connectivity index (χ0) is 5.98. The molecule has 50 valence electrons. The summed E-state index contributed by atoms with van der Waals surface area (Å²) in [6.45, 7) is 4.19. The molecular formula is C8H9BrMg. The van der Waals surface area contributed by atoms with E-state index in [1.54, 1.807) is 0 Å². The third-order valence-electron chi connectivity index (χ3n) is 1.35. The van der Waals surface area contributed by atoms with Crippen molar-refractivity contribution in [2.75, 3.05) is 0 Å². The Balaban J connectivity index is 0. The van der Waals surface area contributed by atoms with Gasteiger partial charge >= 0.3 is 23.1 Å². The van der Waals surface area contributed by atoms with Crippen LogP contribution in [0.25, 0.3) is 0 Å². The molecule has 0 aliphatic carbocycles. The number of hydrogen-bond acceptors (Lipinski definition) is 0. The van der Waals surface area contributed by atoms with Gasteiger partial charge in [-0.05, 0) is 0 Å². The smallest absolute Gasteiger partial charge is 1.00 e. The van der Waals surface area contributed by atoms with Crippen LogP contribution < -0.4 is 17.0 Å². The van der Waals surface area contributed by atoms with Gasteiger partial charge in [0.05, 0.1) is 0 Å². The van der Waals surface area contributed by atoms with Crippen molar-refractivity contribution in [3.05, 3.63) is 35.4 Å². The Hall–Kier alpha value is 0.466. The van der Waals surface area contributed by atoms with Crippen LogP contribution in [-0.4, -0.2) is 23.1 Å². The molecule has 0 amide bonds. The van der Waals surface area contributed by atoms with E-state index in [0.29, 0.717) is 0 Å². The minimum Gasteiger partial charge on any atom is -1.00 e. The van der Waals surface area contributed by atoms with Crippen LogP contribution in [0.1, 0.15) is 11.1 Å². The number of rotatable bonds is 0. The van der Waals surface area contributed by atoms with Crippen LogP contribution in [0.4, 0.5) is 0 Å². The average Bonchev–Trinajstić information content (AvgIpc) is 1.77. The Bertz CT molecular complexity index is 165. The van der Waals surface area contributed by atoms with Gasteiger partial charge in [-0.25, -0.2) is 0 Å². The Morgan fingerprint density at radius 1 is 1.20 bits per heavy atom. The van der Waals surface area contributed by atoms with Crippen LogP contribution in [0.3, 0.4) is 0 Å². The molecular weight excluding hydrogens is 200 g/mol. The summed E-state index contributed by atoms with van der Waals surface area (Å²) < 4.78 is 0. The summed E-state index contributed by atoms with van der Waals surface area (Å²) in [5.74, 6) is 0. The van der Waals surface area contributed by atoms with Crippen molar-refractivity contribution in [2.45, 2.75) is 13.8 Å². The molecule has 1 rings (SSSR count). The van der Waals surface area contributed by atoms with Crippen LogP contribution >= 0.6 is 0 Å². The van der Waals surface area contributed by atoms with Crippen molar-refractivity contribution in [1.82, 2.24) is 0 Å². The first kappa shape index (κ1) is 13.1. The molecule has 0 heterocycles. The number of aryl methyl sites for hydroxylation is 2. The Morgan fingerprint density at radius 3 is 2.10 bits per heavy atom. The number of hydrogen-bond donors (Lipinski definition) is 0. The summed E-state index contributed by atoms with van der Waals surface area (Å²) in [6.07, 6.45) is 0. The van der Waals surface area contributed by atoms with E-state index in [9.17, 15) is 0 Å². The molecule has 0 aliphatic rings. The first-order valence-electron chi connectivity index (χ1n) is 2.74.